The molecule has 4 nitrogen and oxygen atoms in total. The number of likely N-dealkylation sites (tertiary alicyclic amines) is 1. The molecule has 106 valence electrons. The van der Waals surface area contributed by atoms with Gasteiger partial charge >= 0.3 is 5.97 Å². The van der Waals surface area contributed by atoms with Crippen molar-refractivity contribution in [3.63, 3.8) is 0 Å². The summed E-state index contributed by atoms with van der Waals surface area (Å²) in [5, 5.41) is 8.72. The van der Waals surface area contributed by atoms with Crippen LogP contribution in [0.4, 0.5) is 0 Å². The summed E-state index contributed by atoms with van der Waals surface area (Å²) in [4.78, 5) is 24.6. The molecule has 0 bridgehead atoms. The van der Waals surface area contributed by atoms with Crippen LogP contribution >= 0.6 is 0 Å². The Morgan fingerprint density at radius 1 is 1.32 bits per heavy atom. The SMILES string of the molecule is C/C(=C\C(=O)N1CCCC(CCC(=O)O)C1)C1CC1. The molecular weight excluding hydrogens is 242 g/mol. The quantitative estimate of drug-likeness (QED) is 0.777. The van der Waals surface area contributed by atoms with Crippen molar-refractivity contribution in [2.75, 3.05) is 13.1 Å². The van der Waals surface area contributed by atoms with Crippen LogP contribution in [-0.4, -0.2) is 35.0 Å². The van der Waals surface area contributed by atoms with Crippen LogP contribution in [-0.2, 0) is 9.59 Å². The molecule has 19 heavy (non-hydrogen) atoms. The molecule has 1 amide bonds. The van der Waals surface area contributed by atoms with E-state index >= 15 is 0 Å². The van der Waals surface area contributed by atoms with E-state index in [2.05, 4.69) is 0 Å². The van der Waals surface area contributed by atoms with E-state index in [1.54, 1.807) is 6.08 Å². The van der Waals surface area contributed by atoms with E-state index in [9.17, 15) is 9.59 Å². The van der Waals surface area contributed by atoms with Crippen LogP contribution < -0.4 is 0 Å². The molecule has 0 aromatic carbocycles. The predicted molar refractivity (Wildman–Crippen MR) is 72.7 cm³/mol. The number of allylic oxidation sites excluding steroid dienone is 1. The highest BCUT2D eigenvalue weighted by atomic mass is 16.4. The van der Waals surface area contributed by atoms with Gasteiger partial charge in [0.2, 0.25) is 5.91 Å². The standard InChI is InChI=1S/C15H23NO3/c1-11(13-5-6-13)9-14(17)16-8-2-3-12(10-16)4-7-15(18)19/h9,12-13H,2-8,10H2,1H3,(H,18,19)/b11-9+. The molecule has 1 saturated carbocycles. The third-order valence-electron chi connectivity index (χ3n) is 4.17. The molecule has 1 aliphatic heterocycles. The summed E-state index contributed by atoms with van der Waals surface area (Å²) in [6.45, 7) is 3.58. The zero-order valence-corrected chi connectivity index (χ0v) is 11.6. The van der Waals surface area contributed by atoms with Gasteiger partial charge in [0.1, 0.15) is 0 Å². The second-order valence-electron chi connectivity index (χ2n) is 5.89. The number of hydrogen-bond donors (Lipinski definition) is 1. The Morgan fingerprint density at radius 2 is 2.05 bits per heavy atom. The minimum Gasteiger partial charge on any atom is -0.481 e. The number of piperidine rings is 1. The Hall–Kier alpha value is -1.32. The van der Waals surface area contributed by atoms with Gasteiger partial charge in [0.25, 0.3) is 0 Å². The minimum atomic E-state index is -0.743. The summed E-state index contributed by atoms with van der Waals surface area (Å²) in [7, 11) is 0. The zero-order chi connectivity index (χ0) is 13.8. The number of amides is 1. The molecule has 0 spiro atoms. The molecule has 1 unspecified atom stereocenters. The van der Waals surface area contributed by atoms with E-state index in [1.165, 1.54) is 18.4 Å². The molecular formula is C15H23NO3. The van der Waals surface area contributed by atoms with Gasteiger partial charge in [-0.2, -0.15) is 0 Å². The van der Waals surface area contributed by atoms with E-state index in [1.807, 2.05) is 11.8 Å². The van der Waals surface area contributed by atoms with Crippen LogP contribution in [0, 0.1) is 11.8 Å². The number of hydrogen-bond acceptors (Lipinski definition) is 2. The average Bonchev–Trinajstić information content (AvgIpc) is 3.21. The van der Waals surface area contributed by atoms with Gasteiger partial charge in [-0.05, 0) is 50.9 Å². The maximum Gasteiger partial charge on any atom is 0.303 e. The number of nitrogens with zero attached hydrogens (tertiary/aromatic N) is 1. The van der Waals surface area contributed by atoms with Gasteiger partial charge in [-0.15, -0.1) is 0 Å². The molecule has 2 aliphatic rings. The normalized spacial score (nSPS) is 24.4. The maximum atomic E-state index is 12.2. The monoisotopic (exact) mass is 265 g/mol. The summed E-state index contributed by atoms with van der Waals surface area (Å²) in [6.07, 6.45) is 7.16. The molecule has 0 aromatic rings. The number of aliphatic carboxylic acids is 1. The van der Waals surface area contributed by atoms with Crippen molar-refractivity contribution >= 4 is 11.9 Å². The summed E-state index contributed by atoms with van der Waals surface area (Å²) >= 11 is 0. The van der Waals surface area contributed by atoms with Crippen LogP contribution in [0.3, 0.4) is 0 Å². The Kier molecular flexibility index (Phi) is 4.61. The van der Waals surface area contributed by atoms with Gasteiger partial charge in [0.15, 0.2) is 0 Å². The summed E-state index contributed by atoms with van der Waals surface area (Å²) in [6, 6.07) is 0. The van der Waals surface area contributed by atoms with Gasteiger partial charge in [0, 0.05) is 25.6 Å². The molecule has 1 heterocycles. The van der Waals surface area contributed by atoms with E-state index in [0.717, 1.165) is 25.9 Å². The van der Waals surface area contributed by atoms with Crippen molar-refractivity contribution < 1.29 is 14.7 Å². The van der Waals surface area contributed by atoms with E-state index in [0.29, 0.717) is 18.3 Å². The second-order valence-corrected chi connectivity index (χ2v) is 5.89. The van der Waals surface area contributed by atoms with Gasteiger partial charge in [0.05, 0.1) is 0 Å². The zero-order valence-electron chi connectivity index (χ0n) is 11.6. The minimum absolute atomic E-state index is 0.115. The third kappa shape index (κ3) is 4.37. The molecule has 4 heteroatoms. The fraction of sp³-hybridized carbons (Fsp3) is 0.733. The topological polar surface area (TPSA) is 57.6 Å². The smallest absolute Gasteiger partial charge is 0.303 e. The number of rotatable bonds is 5. The van der Waals surface area contributed by atoms with Crippen molar-refractivity contribution in [2.24, 2.45) is 11.8 Å². The fourth-order valence-electron chi connectivity index (χ4n) is 2.77. The lowest BCUT2D eigenvalue weighted by molar-refractivity contribution is -0.137. The van der Waals surface area contributed by atoms with Gasteiger partial charge in [-0.25, -0.2) is 0 Å². The van der Waals surface area contributed by atoms with E-state index < -0.39 is 5.97 Å². The molecule has 0 radical (unpaired) electrons. The Bertz CT molecular complexity index is 385. The molecule has 1 atom stereocenters. The highest BCUT2D eigenvalue weighted by Crippen LogP contribution is 2.36. The van der Waals surface area contributed by atoms with Crippen molar-refractivity contribution in [3.05, 3.63) is 11.6 Å². The van der Waals surface area contributed by atoms with Crippen molar-refractivity contribution in [2.45, 2.75) is 45.4 Å². The van der Waals surface area contributed by atoms with Crippen molar-refractivity contribution in [1.29, 1.82) is 0 Å². The molecule has 2 rings (SSSR count). The first kappa shape index (κ1) is 14.1. The van der Waals surface area contributed by atoms with Crippen LogP contribution in [0.5, 0.6) is 0 Å². The Morgan fingerprint density at radius 3 is 2.68 bits per heavy atom. The van der Waals surface area contributed by atoms with Crippen molar-refractivity contribution in [3.8, 4) is 0 Å². The summed E-state index contributed by atoms with van der Waals surface area (Å²) in [5.74, 6) is 0.359. The first-order valence-electron chi connectivity index (χ1n) is 7.25. The second kappa shape index (κ2) is 6.22. The third-order valence-corrected chi connectivity index (χ3v) is 4.17. The van der Waals surface area contributed by atoms with Crippen LogP contribution in [0.15, 0.2) is 11.6 Å². The molecule has 1 N–H and O–H groups in total. The van der Waals surface area contributed by atoms with E-state index in [-0.39, 0.29) is 12.3 Å². The average molecular weight is 265 g/mol. The highest BCUT2D eigenvalue weighted by Gasteiger charge is 2.26. The summed E-state index contributed by atoms with van der Waals surface area (Å²) in [5.41, 5.74) is 1.21. The number of carboxylic acids is 1. The Balaban J connectivity index is 1.84. The highest BCUT2D eigenvalue weighted by molar-refractivity contribution is 5.88. The Labute approximate surface area is 114 Å². The van der Waals surface area contributed by atoms with Crippen LogP contribution in [0.2, 0.25) is 0 Å². The van der Waals surface area contributed by atoms with Crippen molar-refractivity contribution in [1.82, 2.24) is 4.90 Å². The largest absolute Gasteiger partial charge is 0.481 e. The molecule has 2 fully saturated rings. The number of carboxylic acid groups (broad SMARTS) is 1. The molecule has 1 saturated heterocycles. The van der Waals surface area contributed by atoms with Gasteiger partial charge in [-0.3, -0.25) is 9.59 Å². The van der Waals surface area contributed by atoms with Crippen LogP contribution in [0.25, 0.3) is 0 Å². The summed E-state index contributed by atoms with van der Waals surface area (Å²) < 4.78 is 0. The maximum absolute atomic E-state index is 12.2. The lowest BCUT2D eigenvalue weighted by Gasteiger charge is -2.32. The lowest BCUT2D eigenvalue weighted by Crippen LogP contribution is -2.39. The van der Waals surface area contributed by atoms with Gasteiger partial charge in [-0.1, -0.05) is 5.57 Å². The molecule has 0 aromatic heterocycles. The number of carbonyl (C=O) groups is 2. The van der Waals surface area contributed by atoms with E-state index in [4.69, 9.17) is 5.11 Å². The first-order chi connectivity index (χ1) is 9.06. The number of carbonyl (C=O) groups excluding carboxylic acids is 1. The fourth-order valence-corrected chi connectivity index (χ4v) is 2.77. The molecule has 1 aliphatic carbocycles. The van der Waals surface area contributed by atoms with Crippen LogP contribution in [0.1, 0.15) is 45.4 Å². The first-order valence-corrected chi connectivity index (χ1v) is 7.25. The van der Waals surface area contributed by atoms with Gasteiger partial charge < -0.3 is 10.0 Å². The lowest BCUT2D eigenvalue weighted by atomic mass is 9.93. The predicted octanol–water partition coefficient (Wildman–Crippen LogP) is 2.45.